The zero-order chi connectivity index (χ0) is 13.4. The highest BCUT2D eigenvalue weighted by molar-refractivity contribution is 5.75. The summed E-state index contributed by atoms with van der Waals surface area (Å²) in [6, 6.07) is 5.48. The lowest BCUT2D eigenvalue weighted by molar-refractivity contribution is 0.171. The van der Waals surface area contributed by atoms with Gasteiger partial charge in [-0.2, -0.15) is 5.10 Å². The van der Waals surface area contributed by atoms with Crippen molar-refractivity contribution in [1.29, 1.82) is 0 Å². The average Bonchev–Trinajstić information content (AvgIpc) is 2.77. The number of anilines is 1. The van der Waals surface area contributed by atoms with Crippen LogP contribution in [0.4, 0.5) is 5.82 Å². The number of nitrogen functional groups attached to an aromatic ring is 1. The van der Waals surface area contributed by atoms with E-state index in [9.17, 15) is 0 Å². The molecule has 0 radical (unpaired) electrons. The second kappa shape index (κ2) is 4.38. The van der Waals surface area contributed by atoms with Crippen molar-refractivity contribution in [2.24, 2.45) is 7.05 Å². The molecule has 0 aliphatic carbocycles. The maximum absolute atomic E-state index is 5.82. The van der Waals surface area contributed by atoms with Crippen LogP contribution < -0.4 is 19.9 Å². The van der Waals surface area contributed by atoms with Gasteiger partial charge in [-0.25, -0.2) is 0 Å². The van der Waals surface area contributed by atoms with Gasteiger partial charge in [0.15, 0.2) is 11.5 Å². The molecule has 0 amide bonds. The van der Waals surface area contributed by atoms with E-state index in [4.69, 9.17) is 19.9 Å². The Labute approximate surface area is 110 Å². The van der Waals surface area contributed by atoms with Gasteiger partial charge in [-0.3, -0.25) is 4.68 Å². The summed E-state index contributed by atoms with van der Waals surface area (Å²) in [6.07, 6.45) is 0. The molecule has 0 unspecified atom stereocenters. The third-order valence-corrected chi connectivity index (χ3v) is 3.04. The summed E-state index contributed by atoms with van der Waals surface area (Å²) < 4.78 is 18.2. The number of aromatic nitrogens is 2. The largest absolute Gasteiger partial charge is 0.497 e. The summed E-state index contributed by atoms with van der Waals surface area (Å²) in [5, 5.41) is 4.36. The van der Waals surface area contributed by atoms with E-state index in [2.05, 4.69) is 5.10 Å². The van der Waals surface area contributed by atoms with Crippen LogP contribution in [-0.4, -0.2) is 30.1 Å². The number of fused-ring (bicyclic) bond motifs is 1. The molecule has 0 bridgehead atoms. The fourth-order valence-electron chi connectivity index (χ4n) is 2.05. The Balaban J connectivity index is 2.18. The van der Waals surface area contributed by atoms with Crippen LogP contribution in [0.5, 0.6) is 17.2 Å². The van der Waals surface area contributed by atoms with E-state index in [0.29, 0.717) is 36.3 Å². The third-order valence-electron chi connectivity index (χ3n) is 3.04. The molecule has 100 valence electrons. The zero-order valence-corrected chi connectivity index (χ0v) is 10.8. The minimum Gasteiger partial charge on any atom is -0.497 e. The molecule has 6 heteroatoms. The lowest BCUT2D eigenvalue weighted by Gasteiger charge is -2.21. The van der Waals surface area contributed by atoms with Crippen LogP contribution in [0.15, 0.2) is 18.2 Å². The number of aryl methyl sites for hydroxylation is 1. The predicted octanol–water partition coefficient (Wildman–Crippen LogP) is 1.45. The van der Waals surface area contributed by atoms with Crippen molar-refractivity contribution in [2.75, 3.05) is 26.1 Å². The molecule has 0 saturated carbocycles. The highest BCUT2D eigenvalue weighted by atomic mass is 16.6. The fraction of sp³-hybridized carbons (Fsp3) is 0.308. The van der Waals surface area contributed by atoms with Gasteiger partial charge < -0.3 is 19.9 Å². The Hall–Kier alpha value is -2.37. The first-order chi connectivity index (χ1) is 9.19. The van der Waals surface area contributed by atoms with Crippen LogP contribution in [-0.2, 0) is 7.05 Å². The highest BCUT2D eigenvalue weighted by Gasteiger charge is 2.21. The van der Waals surface area contributed by atoms with Gasteiger partial charge >= 0.3 is 0 Å². The lowest BCUT2D eigenvalue weighted by Crippen LogP contribution is -2.16. The predicted molar refractivity (Wildman–Crippen MR) is 70.6 cm³/mol. The van der Waals surface area contributed by atoms with Crippen LogP contribution in [0.1, 0.15) is 0 Å². The number of methoxy groups -OCH3 is 1. The summed E-state index contributed by atoms with van der Waals surface area (Å²) in [6.45, 7) is 1.05. The van der Waals surface area contributed by atoms with E-state index >= 15 is 0 Å². The molecular weight excluding hydrogens is 246 g/mol. The molecule has 1 aliphatic heterocycles. The van der Waals surface area contributed by atoms with Crippen molar-refractivity contribution in [3.05, 3.63) is 18.2 Å². The molecule has 2 heterocycles. The number of rotatable bonds is 2. The number of nitrogens with two attached hydrogens (primary N) is 1. The first kappa shape index (κ1) is 11.7. The van der Waals surface area contributed by atoms with Gasteiger partial charge in [0.25, 0.3) is 0 Å². The smallest absolute Gasteiger partial charge is 0.171 e. The van der Waals surface area contributed by atoms with Crippen LogP contribution in [0.25, 0.3) is 11.3 Å². The van der Waals surface area contributed by atoms with Gasteiger partial charge in [-0.1, -0.05) is 0 Å². The quantitative estimate of drug-likeness (QED) is 0.885. The second-order valence-electron chi connectivity index (χ2n) is 4.28. The maximum Gasteiger partial charge on any atom is 0.171 e. The monoisotopic (exact) mass is 261 g/mol. The summed E-state index contributed by atoms with van der Waals surface area (Å²) in [4.78, 5) is 0. The van der Waals surface area contributed by atoms with Gasteiger partial charge in [0.1, 0.15) is 24.8 Å². The van der Waals surface area contributed by atoms with Gasteiger partial charge in [-0.05, 0) is 6.07 Å². The minimum absolute atomic E-state index is 0.522. The molecule has 0 saturated heterocycles. The number of benzene rings is 1. The zero-order valence-electron chi connectivity index (χ0n) is 10.8. The SMILES string of the molecule is COc1cc2c(c(-c3cc(N)n(C)n3)c1)OCCO2. The minimum atomic E-state index is 0.522. The molecule has 19 heavy (non-hydrogen) atoms. The van der Waals surface area contributed by atoms with Gasteiger partial charge in [0, 0.05) is 19.2 Å². The number of ether oxygens (including phenoxy) is 3. The van der Waals surface area contributed by atoms with Crippen LogP contribution >= 0.6 is 0 Å². The van der Waals surface area contributed by atoms with Crippen molar-refractivity contribution in [3.8, 4) is 28.5 Å². The molecular formula is C13H15N3O3. The van der Waals surface area contributed by atoms with Gasteiger partial charge in [0.05, 0.1) is 18.4 Å². The fourth-order valence-corrected chi connectivity index (χ4v) is 2.05. The molecule has 1 aromatic heterocycles. The van der Waals surface area contributed by atoms with Crippen molar-refractivity contribution in [2.45, 2.75) is 0 Å². The summed E-state index contributed by atoms with van der Waals surface area (Å²) in [5.41, 5.74) is 7.38. The molecule has 2 N–H and O–H groups in total. The van der Waals surface area contributed by atoms with Gasteiger partial charge in [-0.15, -0.1) is 0 Å². The van der Waals surface area contributed by atoms with E-state index in [1.165, 1.54) is 0 Å². The third kappa shape index (κ3) is 1.95. The highest BCUT2D eigenvalue weighted by Crippen LogP contribution is 2.43. The average molecular weight is 261 g/mol. The molecule has 0 atom stereocenters. The number of nitrogens with zero attached hydrogens (tertiary/aromatic N) is 2. The van der Waals surface area contributed by atoms with Crippen molar-refractivity contribution >= 4 is 5.82 Å². The Kier molecular flexibility index (Phi) is 2.70. The Bertz CT molecular complexity index is 602. The standard InChI is InChI=1S/C13H15N3O3/c1-16-12(14)7-10(15-16)9-5-8(17-2)6-11-13(9)19-4-3-18-11/h5-7H,3-4,14H2,1-2H3. The van der Waals surface area contributed by atoms with Crippen molar-refractivity contribution < 1.29 is 14.2 Å². The molecule has 1 aliphatic rings. The maximum atomic E-state index is 5.82. The van der Waals surface area contributed by atoms with E-state index in [-0.39, 0.29) is 0 Å². The van der Waals surface area contributed by atoms with E-state index < -0.39 is 0 Å². The van der Waals surface area contributed by atoms with Crippen LogP contribution in [0.3, 0.4) is 0 Å². The summed E-state index contributed by atoms with van der Waals surface area (Å²) in [5.74, 6) is 2.64. The molecule has 0 fully saturated rings. The van der Waals surface area contributed by atoms with E-state index in [1.807, 2.05) is 12.1 Å². The summed E-state index contributed by atoms with van der Waals surface area (Å²) in [7, 11) is 3.41. The molecule has 2 aromatic rings. The van der Waals surface area contributed by atoms with Crippen LogP contribution in [0, 0.1) is 0 Å². The van der Waals surface area contributed by atoms with Crippen molar-refractivity contribution in [3.63, 3.8) is 0 Å². The van der Waals surface area contributed by atoms with E-state index in [1.54, 1.807) is 24.9 Å². The number of hydrogen-bond acceptors (Lipinski definition) is 5. The normalized spacial score (nSPS) is 13.4. The Morgan fingerprint density at radius 3 is 2.74 bits per heavy atom. The lowest BCUT2D eigenvalue weighted by atomic mass is 10.1. The summed E-state index contributed by atoms with van der Waals surface area (Å²) >= 11 is 0. The van der Waals surface area contributed by atoms with Gasteiger partial charge in [0.2, 0.25) is 0 Å². The topological polar surface area (TPSA) is 71.5 Å². The first-order valence-corrected chi connectivity index (χ1v) is 5.96. The second-order valence-corrected chi connectivity index (χ2v) is 4.28. The molecule has 6 nitrogen and oxygen atoms in total. The first-order valence-electron chi connectivity index (χ1n) is 5.96. The Morgan fingerprint density at radius 2 is 2.05 bits per heavy atom. The molecule has 3 rings (SSSR count). The molecule has 1 aromatic carbocycles. The molecule has 0 spiro atoms. The van der Waals surface area contributed by atoms with E-state index in [0.717, 1.165) is 11.3 Å². The van der Waals surface area contributed by atoms with Crippen molar-refractivity contribution in [1.82, 2.24) is 9.78 Å². The van der Waals surface area contributed by atoms with Crippen LogP contribution in [0.2, 0.25) is 0 Å². The number of hydrogen-bond donors (Lipinski definition) is 1. The Morgan fingerprint density at radius 1 is 1.26 bits per heavy atom.